The van der Waals surface area contributed by atoms with Crippen LogP contribution in [0.15, 0.2) is 26.6 Å². The number of nitrogens with zero attached hydrogens (tertiary/aromatic N) is 2. The molecular formula is C9H6Br2N2OS. The van der Waals surface area contributed by atoms with Crippen molar-refractivity contribution in [3.8, 4) is 16.3 Å². The van der Waals surface area contributed by atoms with Crippen LogP contribution in [0.25, 0.3) is 10.6 Å². The molecule has 2 rings (SSSR count). The van der Waals surface area contributed by atoms with E-state index < -0.39 is 0 Å². The van der Waals surface area contributed by atoms with Crippen LogP contribution in [0.1, 0.15) is 0 Å². The van der Waals surface area contributed by atoms with Crippen LogP contribution in [-0.2, 0) is 0 Å². The number of halogens is 2. The van der Waals surface area contributed by atoms with Gasteiger partial charge in [0.05, 0.1) is 11.6 Å². The molecule has 78 valence electrons. The molecule has 0 aliphatic rings. The van der Waals surface area contributed by atoms with Crippen molar-refractivity contribution in [3.63, 3.8) is 0 Å². The van der Waals surface area contributed by atoms with Gasteiger partial charge in [0, 0.05) is 5.56 Å². The van der Waals surface area contributed by atoms with Crippen LogP contribution in [0.5, 0.6) is 5.75 Å². The van der Waals surface area contributed by atoms with E-state index in [0.29, 0.717) is 0 Å². The fourth-order valence-corrected chi connectivity index (χ4v) is 2.77. The van der Waals surface area contributed by atoms with E-state index in [1.54, 1.807) is 7.11 Å². The highest BCUT2D eigenvalue weighted by molar-refractivity contribution is 9.11. The van der Waals surface area contributed by atoms with Crippen LogP contribution in [0.4, 0.5) is 0 Å². The number of hydrogen-bond donors (Lipinski definition) is 0. The third-order valence-electron chi connectivity index (χ3n) is 1.80. The Bertz CT molecular complexity index is 487. The van der Waals surface area contributed by atoms with E-state index in [0.717, 1.165) is 24.7 Å². The summed E-state index contributed by atoms with van der Waals surface area (Å²) >= 11 is 8.21. The summed E-state index contributed by atoms with van der Waals surface area (Å²) in [4.78, 5) is 0. The predicted molar refractivity (Wildman–Crippen MR) is 67.3 cm³/mol. The van der Waals surface area contributed by atoms with Gasteiger partial charge in [-0.15, -0.1) is 10.2 Å². The zero-order valence-electron chi connectivity index (χ0n) is 7.70. The second-order valence-electron chi connectivity index (χ2n) is 2.71. The molecule has 1 heterocycles. The molecule has 15 heavy (non-hydrogen) atoms. The molecule has 3 nitrogen and oxygen atoms in total. The van der Waals surface area contributed by atoms with Gasteiger partial charge in [-0.1, -0.05) is 11.3 Å². The third kappa shape index (κ3) is 2.38. The molecule has 0 saturated heterocycles. The minimum absolute atomic E-state index is 0.782. The summed E-state index contributed by atoms with van der Waals surface area (Å²) < 4.78 is 6.85. The summed E-state index contributed by atoms with van der Waals surface area (Å²) in [6, 6.07) is 5.82. The lowest BCUT2D eigenvalue weighted by Gasteiger charge is -2.03. The Morgan fingerprint density at radius 1 is 1.27 bits per heavy atom. The molecule has 1 aromatic carbocycles. The molecule has 0 bridgehead atoms. The number of rotatable bonds is 2. The standard InChI is InChI=1S/C9H6Br2N2OS/c1-14-7-3-2-5(4-6(7)10)8-12-13-9(11)15-8/h2-4H,1H3. The number of benzene rings is 1. The molecule has 6 heteroatoms. The predicted octanol–water partition coefficient (Wildman–Crippen LogP) is 3.74. The summed E-state index contributed by atoms with van der Waals surface area (Å²) in [5.41, 5.74) is 1.02. The number of aromatic nitrogens is 2. The Morgan fingerprint density at radius 2 is 2.07 bits per heavy atom. The Kier molecular flexibility index (Phi) is 3.38. The van der Waals surface area contributed by atoms with Crippen molar-refractivity contribution < 1.29 is 4.74 Å². The maximum Gasteiger partial charge on any atom is 0.183 e. The number of hydrogen-bond acceptors (Lipinski definition) is 4. The highest BCUT2D eigenvalue weighted by Gasteiger charge is 2.07. The maximum absolute atomic E-state index is 5.15. The molecule has 0 unspecified atom stereocenters. The van der Waals surface area contributed by atoms with E-state index in [1.165, 1.54) is 11.3 Å². The molecule has 0 spiro atoms. The number of methoxy groups -OCH3 is 1. The van der Waals surface area contributed by atoms with Gasteiger partial charge in [0.1, 0.15) is 10.8 Å². The molecule has 2 aromatic rings. The summed E-state index contributed by atoms with van der Waals surface area (Å²) in [6.45, 7) is 0. The van der Waals surface area contributed by atoms with E-state index in [2.05, 4.69) is 42.1 Å². The number of ether oxygens (including phenoxy) is 1. The molecule has 1 aromatic heterocycles. The third-order valence-corrected chi connectivity index (χ3v) is 3.82. The Hall–Kier alpha value is -0.460. The van der Waals surface area contributed by atoms with Gasteiger partial charge in [-0.05, 0) is 50.1 Å². The van der Waals surface area contributed by atoms with Crippen molar-refractivity contribution in [2.45, 2.75) is 0 Å². The van der Waals surface area contributed by atoms with Gasteiger partial charge >= 0.3 is 0 Å². The first-order chi connectivity index (χ1) is 7.20. The van der Waals surface area contributed by atoms with E-state index >= 15 is 0 Å². The van der Waals surface area contributed by atoms with E-state index in [-0.39, 0.29) is 0 Å². The molecular weight excluding hydrogens is 344 g/mol. The lowest BCUT2D eigenvalue weighted by atomic mass is 10.2. The zero-order chi connectivity index (χ0) is 10.8. The molecule has 0 aliphatic carbocycles. The lowest BCUT2D eigenvalue weighted by Crippen LogP contribution is -1.85. The maximum atomic E-state index is 5.15. The summed E-state index contributed by atoms with van der Waals surface area (Å²) in [5, 5.41) is 8.83. The second-order valence-corrected chi connectivity index (χ2v) is 5.82. The van der Waals surface area contributed by atoms with Gasteiger partial charge in [-0.3, -0.25) is 0 Å². The molecule has 0 N–H and O–H groups in total. The first-order valence-corrected chi connectivity index (χ1v) is 6.44. The van der Waals surface area contributed by atoms with Crippen LogP contribution in [0.2, 0.25) is 0 Å². The average molecular weight is 350 g/mol. The van der Waals surface area contributed by atoms with Crippen LogP contribution < -0.4 is 4.74 Å². The second kappa shape index (κ2) is 4.59. The highest BCUT2D eigenvalue weighted by Crippen LogP contribution is 2.32. The van der Waals surface area contributed by atoms with Crippen molar-refractivity contribution in [3.05, 3.63) is 26.6 Å². The summed E-state index contributed by atoms with van der Waals surface area (Å²) in [6.07, 6.45) is 0. The van der Waals surface area contributed by atoms with Crippen LogP contribution in [0, 0.1) is 0 Å². The minimum Gasteiger partial charge on any atom is -0.496 e. The smallest absolute Gasteiger partial charge is 0.183 e. The van der Waals surface area contributed by atoms with Crippen molar-refractivity contribution >= 4 is 43.2 Å². The van der Waals surface area contributed by atoms with Crippen molar-refractivity contribution in [1.82, 2.24) is 10.2 Å². The average Bonchev–Trinajstić information content (AvgIpc) is 2.65. The lowest BCUT2D eigenvalue weighted by molar-refractivity contribution is 0.412. The minimum atomic E-state index is 0.782. The van der Waals surface area contributed by atoms with Crippen LogP contribution >= 0.6 is 43.2 Å². The summed E-state index contributed by atoms with van der Waals surface area (Å²) in [7, 11) is 1.64. The van der Waals surface area contributed by atoms with Gasteiger partial charge in [0.15, 0.2) is 3.92 Å². The van der Waals surface area contributed by atoms with E-state index in [4.69, 9.17) is 4.74 Å². The molecule has 0 saturated carbocycles. The fraction of sp³-hybridized carbons (Fsp3) is 0.111. The highest BCUT2D eigenvalue weighted by atomic mass is 79.9. The first kappa shape index (κ1) is 11.0. The SMILES string of the molecule is COc1ccc(-c2nnc(Br)s2)cc1Br. The van der Waals surface area contributed by atoms with Gasteiger partial charge < -0.3 is 4.74 Å². The van der Waals surface area contributed by atoms with Gasteiger partial charge in [-0.25, -0.2) is 0 Å². The Morgan fingerprint density at radius 3 is 2.60 bits per heavy atom. The van der Waals surface area contributed by atoms with Crippen molar-refractivity contribution in [2.75, 3.05) is 7.11 Å². The van der Waals surface area contributed by atoms with E-state index in [1.807, 2.05) is 18.2 Å². The summed E-state index contributed by atoms with van der Waals surface area (Å²) in [5.74, 6) is 0.808. The van der Waals surface area contributed by atoms with Gasteiger partial charge in [0.25, 0.3) is 0 Å². The fourth-order valence-electron chi connectivity index (χ4n) is 1.12. The monoisotopic (exact) mass is 348 g/mol. The molecule has 0 atom stereocenters. The van der Waals surface area contributed by atoms with Crippen molar-refractivity contribution in [2.24, 2.45) is 0 Å². The van der Waals surface area contributed by atoms with Crippen LogP contribution in [-0.4, -0.2) is 17.3 Å². The molecule has 0 fully saturated rings. The molecule has 0 amide bonds. The normalized spacial score (nSPS) is 10.3. The topological polar surface area (TPSA) is 35.0 Å². The van der Waals surface area contributed by atoms with Crippen molar-refractivity contribution in [1.29, 1.82) is 0 Å². The Labute approximate surface area is 108 Å². The van der Waals surface area contributed by atoms with Gasteiger partial charge in [-0.2, -0.15) is 0 Å². The van der Waals surface area contributed by atoms with Crippen LogP contribution in [0.3, 0.4) is 0 Å². The van der Waals surface area contributed by atoms with Gasteiger partial charge in [0.2, 0.25) is 0 Å². The first-order valence-electron chi connectivity index (χ1n) is 4.03. The molecule has 0 radical (unpaired) electrons. The zero-order valence-corrected chi connectivity index (χ0v) is 11.7. The largest absolute Gasteiger partial charge is 0.496 e. The Balaban J connectivity index is 2.42. The molecule has 0 aliphatic heterocycles. The quantitative estimate of drug-likeness (QED) is 0.828. The van der Waals surface area contributed by atoms with E-state index in [9.17, 15) is 0 Å².